The van der Waals surface area contributed by atoms with Gasteiger partial charge in [0.15, 0.2) is 0 Å². The number of carbonyl (C=O) groups is 1. The van der Waals surface area contributed by atoms with Crippen LogP contribution in [0.4, 0.5) is 0 Å². The van der Waals surface area contributed by atoms with Crippen molar-refractivity contribution in [1.29, 1.82) is 0 Å². The number of hydrogen-bond donors (Lipinski definition) is 2. The molecule has 4 heteroatoms. The van der Waals surface area contributed by atoms with Gasteiger partial charge in [0, 0.05) is 0 Å². The predicted molar refractivity (Wildman–Crippen MR) is 96.8 cm³/mol. The zero-order valence-electron chi connectivity index (χ0n) is 16.3. The second-order valence-electron chi connectivity index (χ2n) is 9.45. The Hall–Kier alpha value is -0.870. The van der Waals surface area contributed by atoms with Crippen molar-refractivity contribution in [2.75, 3.05) is 7.11 Å². The highest BCUT2D eigenvalue weighted by molar-refractivity contribution is 5.77. The molecule has 142 valence electrons. The quantitative estimate of drug-likeness (QED) is 0.591. The van der Waals surface area contributed by atoms with Crippen LogP contribution in [-0.4, -0.2) is 35.0 Å². The average molecular weight is 350 g/mol. The van der Waals surface area contributed by atoms with Crippen LogP contribution >= 0.6 is 0 Å². The zero-order chi connectivity index (χ0) is 18.6. The van der Waals surface area contributed by atoms with Crippen molar-refractivity contribution >= 4 is 5.97 Å². The fourth-order valence-corrected chi connectivity index (χ4v) is 6.52. The minimum atomic E-state index is -0.863. The molecular formula is C21H34O4. The third kappa shape index (κ3) is 2.68. The molecule has 3 rings (SSSR count). The maximum Gasteiger partial charge on any atom is 0.311 e. The van der Waals surface area contributed by atoms with Crippen molar-refractivity contribution in [2.45, 2.75) is 77.9 Å². The van der Waals surface area contributed by atoms with Crippen LogP contribution < -0.4 is 0 Å². The molecule has 0 aromatic heterocycles. The minimum absolute atomic E-state index is 0.0134. The molecule has 0 aromatic rings. The predicted octanol–water partition coefficient (Wildman–Crippen LogP) is 3.46. The van der Waals surface area contributed by atoms with Crippen LogP contribution in [-0.2, 0) is 9.53 Å². The molecule has 6 atom stereocenters. The van der Waals surface area contributed by atoms with Crippen LogP contribution in [0.25, 0.3) is 0 Å². The number of ether oxygens (including phenoxy) is 1. The van der Waals surface area contributed by atoms with Crippen molar-refractivity contribution in [3.8, 4) is 0 Å². The Balaban J connectivity index is 2.02. The van der Waals surface area contributed by atoms with Crippen LogP contribution in [0.1, 0.15) is 66.2 Å². The summed E-state index contributed by atoms with van der Waals surface area (Å²) in [6, 6.07) is 0. The van der Waals surface area contributed by atoms with Gasteiger partial charge in [-0.1, -0.05) is 33.3 Å². The minimum Gasteiger partial charge on any atom is -0.469 e. The molecule has 0 amide bonds. The molecule has 2 fully saturated rings. The van der Waals surface area contributed by atoms with Gasteiger partial charge in [0.25, 0.3) is 0 Å². The fraction of sp³-hybridized carbons (Fsp3) is 0.857. The van der Waals surface area contributed by atoms with Gasteiger partial charge in [-0.25, -0.2) is 0 Å². The highest BCUT2D eigenvalue weighted by Gasteiger charge is 2.63. The summed E-state index contributed by atoms with van der Waals surface area (Å²) in [6.45, 7) is 8.41. The van der Waals surface area contributed by atoms with E-state index in [1.165, 1.54) is 7.11 Å². The number of fused-ring (bicyclic) bond motifs is 3. The highest BCUT2D eigenvalue weighted by Crippen LogP contribution is 2.64. The third-order valence-electron chi connectivity index (χ3n) is 7.79. The van der Waals surface area contributed by atoms with E-state index in [1.54, 1.807) is 0 Å². The van der Waals surface area contributed by atoms with E-state index in [9.17, 15) is 15.0 Å². The van der Waals surface area contributed by atoms with Crippen molar-refractivity contribution < 1.29 is 19.7 Å². The van der Waals surface area contributed by atoms with E-state index in [1.807, 2.05) is 13.0 Å². The maximum absolute atomic E-state index is 12.6. The lowest BCUT2D eigenvalue weighted by molar-refractivity contribution is -0.192. The molecule has 6 unspecified atom stereocenters. The van der Waals surface area contributed by atoms with E-state index < -0.39 is 17.1 Å². The normalized spacial score (nSPS) is 46.9. The summed E-state index contributed by atoms with van der Waals surface area (Å²) < 4.78 is 5.15. The standard InChI is InChI=1S/C21H34O4/c1-13(2)14-12-21(24)10-7-16-19(3,17(21)11-15(14)22)8-6-9-20(16,4)18(23)25-5/h12-13,15-17,22,24H,6-11H2,1-5H3. The van der Waals surface area contributed by atoms with Gasteiger partial charge in [-0.05, 0) is 67.8 Å². The Morgan fingerprint density at radius 3 is 2.52 bits per heavy atom. The summed E-state index contributed by atoms with van der Waals surface area (Å²) in [5, 5.41) is 22.2. The second kappa shape index (κ2) is 6.09. The highest BCUT2D eigenvalue weighted by atomic mass is 16.5. The molecule has 0 radical (unpaired) electrons. The van der Waals surface area contributed by atoms with E-state index in [4.69, 9.17) is 4.74 Å². The summed E-state index contributed by atoms with van der Waals surface area (Å²) in [5.41, 5.74) is -0.546. The monoisotopic (exact) mass is 350 g/mol. The summed E-state index contributed by atoms with van der Waals surface area (Å²) in [7, 11) is 1.47. The molecule has 2 saturated carbocycles. The zero-order valence-corrected chi connectivity index (χ0v) is 16.3. The largest absolute Gasteiger partial charge is 0.469 e. The van der Waals surface area contributed by atoms with Crippen molar-refractivity contribution in [2.24, 2.45) is 28.6 Å². The van der Waals surface area contributed by atoms with Crippen LogP contribution in [0.15, 0.2) is 11.6 Å². The van der Waals surface area contributed by atoms with Crippen molar-refractivity contribution in [1.82, 2.24) is 0 Å². The van der Waals surface area contributed by atoms with Crippen LogP contribution in [0, 0.1) is 28.6 Å². The number of carbonyl (C=O) groups excluding carboxylic acids is 1. The van der Waals surface area contributed by atoms with Gasteiger partial charge >= 0.3 is 5.97 Å². The number of esters is 1. The Kier molecular flexibility index (Phi) is 4.61. The molecule has 3 aliphatic carbocycles. The molecule has 0 heterocycles. The molecule has 4 nitrogen and oxygen atoms in total. The first kappa shape index (κ1) is 18.9. The first-order chi connectivity index (χ1) is 11.6. The first-order valence-electron chi connectivity index (χ1n) is 9.80. The molecule has 0 spiro atoms. The van der Waals surface area contributed by atoms with Crippen molar-refractivity contribution in [3.63, 3.8) is 0 Å². The second-order valence-corrected chi connectivity index (χ2v) is 9.45. The van der Waals surface area contributed by atoms with E-state index in [0.29, 0.717) is 12.8 Å². The molecule has 0 bridgehead atoms. The summed E-state index contributed by atoms with van der Waals surface area (Å²) in [5.74, 6) is 0.286. The molecule has 0 aliphatic heterocycles. The van der Waals surface area contributed by atoms with Gasteiger partial charge in [-0.3, -0.25) is 4.79 Å². The van der Waals surface area contributed by atoms with E-state index in [2.05, 4.69) is 20.8 Å². The molecular weight excluding hydrogens is 316 g/mol. The van der Waals surface area contributed by atoms with Gasteiger partial charge in [0.05, 0.1) is 24.2 Å². The smallest absolute Gasteiger partial charge is 0.311 e. The number of aliphatic hydroxyl groups excluding tert-OH is 1. The Labute approximate surface area is 151 Å². The van der Waals surface area contributed by atoms with Gasteiger partial charge < -0.3 is 14.9 Å². The molecule has 0 aromatic carbocycles. The van der Waals surface area contributed by atoms with Crippen LogP contribution in [0.2, 0.25) is 0 Å². The SMILES string of the molecule is COC(=O)C1(C)CCCC2(C)C3CC(O)C(C(C)C)=CC3(O)CCC12. The van der Waals surface area contributed by atoms with Gasteiger partial charge in [-0.2, -0.15) is 0 Å². The number of methoxy groups -OCH3 is 1. The number of rotatable bonds is 2. The fourth-order valence-electron chi connectivity index (χ4n) is 6.52. The van der Waals surface area contributed by atoms with Gasteiger partial charge in [0.1, 0.15) is 0 Å². The Morgan fingerprint density at radius 2 is 1.92 bits per heavy atom. The third-order valence-corrected chi connectivity index (χ3v) is 7.79. The lowest BCUT2D eigenvalue weighted by Crippen LogP contribution is -2.62. The maximum atomic E-state index is 12.6. The van der Waals surface area contributed by atoms with E-state index in [0.717, 1.165) is 31.3 Å². The van der Waals surface area contributed by atoms with Crippen LogP contribution in [0.3, 0.4) is 0 Å². The Morgan fingerprint density at radius 1 is 1.24 bits per heavy atom. The molecule has 3 aliphatic rings. The Bertz CT molecular complexity index is 582. The number of hydrogen-bond acceptors (Lipinski definition) is 4. The lowest BCUT2D eigenvalue weighted by atomic mass is 9.43. The lowest BCUT2D eigenvalue weighted by Gasteiger charge is -2.62. The first-order valence-corrected chi connectivity index (χ1v) is 9.80. The van der Waals surface area contributed by atoms with Gasteiger partial charge in [0.2, 0.25) is 0 Å². The van der Waals surface area contributed by atoms with Crippen molar-refractivity contribution in [3.05, 3.63) is 11.6 Å². The summed E-state index contributed by atoms with van der Waals surface area (Å²) in [6.07, 6.45) is 6.34. The summed E-state index contributed by atoms with van der Waals surface area (Å²) >= 11 is 0. The van der Waals surface area contributed by atoms with Crippen LogP contribution in [0.5, 0.6) is 0 Å². The van der Waals surface area contributed by atoms with Gasteiger partial charge in [-0.15, -0.1) is 0 Å². The average Bonchev–Trinajstić information content (AvgIpc) is 2.54. The molecule has 0 saturated heterocycles. The molecule has 25 heavy (non-hydrogen) atoms. The summed E-state index contributed by atoms with van der Waals surface area (Å²) in [4.78, 5) is 12.6. The topological polar surface area (TPSA) is 66.8 Å². The molecule has 2 N–H and O–H groups in total. The number of aliphatic hydroxyl groups is 2. The van der Waals surface area contributed by atoms with E-state index >= 15 is 0 Å². The van der Waals surface area contributed by atoms with E-state index in [-0.39, 0.29) is 29.1 Å².